The summed E-state index contributed by atoms with van der Waals surface area (Å²) in [5.74, 6) is -0.935. The van der Waals surface area contributed by atoms with E-state index in [9.17, 15) is 9.18 Å². The van der Waals surface area contributed by atoms with Crippen LogP contribution in [0, 0.1) is 0 Å². The molecule has 0 atom stereocenters. The number of carbonyl (C=O) groups is 1. The summed E-state index contributed by atoms with van der Waals surface area (Å²) in [4.78, 5) is 11.3. The molecule has 0 aromatic carbocycles. The predicted octanol–water partition coefficient (Wildman–Crippen LogP) is 2.11. The first kappa shape index (κ1) is 11.6. The minimum Gasteiger partial charge on any atom is -0.352 e. The fourth-order valence-electron chi connectivity index (χ4n) is 0.818. The van der Waals surface area contributed by atoms with Gasteiger partial charge in [-0.2, -0.15) is 0 Å². The van der Waals surface area contributed by atoms with Crippen molar-refractivity contribution in [2.45, 2.75) is 13.8 Å². The van der Waals surface area contributed by atoms with Crippen LogP contribution in [0.4, 0.5) is 4.39 Å². The number of nitrogens with one attached hydrogen (secondary N) is 1. The van der Waals surface area contributed by atoms with Crippen LogP contribution in [0.2, 0.25) is 0 Å². The lowest BCUT2D eigenvalue weighted by atomic mass is 10.1. The Hall–Kier alpha value is -1.38. The zero-order valence-corrected chi connectivity index (χ0v) is 7.98. The third-order valence-corrected chi connectivity index (χ3v) is 1.60. The van der Waals surface area contributed by atoms with Crippen molar-refractivity contribution in [1.29, 1.82) is 0 Å². The standard InChI is InChI=1S/C10H14FNO/c1-5-9(7(3)8(4)11)10(13)12-6-2/h5H,1,4,6H2,2-3H3,(H,12,13)/b9-7+. The highest BCUT2D eigenvalue weighted by Crippen LogP contribution is 2.14. The Kier molecular flexibility index (Phi) is 4.74. The van der Waals surface area contributed by atoms with Gasteiger partial charge in [0, 0.05) is 12.1 Å². The Balaban J connectivity index is 4.87. The Morgan fingerprint density at radius 2 is 2.15 bits per heavy atom. The highest BCUT2D eigenvalue weighted by Gasteiger charge is 2.09. The van der Waals surface area contributed by atoms with Gasteiger partial charge in [0.1, 0.15) is 5.83 Å². The van der Waals surface area contributed by atoms with Crippen LogP contribution in [0.1, 0.15) is 13.8 Å². The maximum Gasteiger partial charge on any atom is 0.251 e. The Bertz CT molecular complexity index is 266. The number of hydrogen-bond acceptors (Lipinski definition) is 1. The van der Waals surface area contributed by atoms with Crippen molar-refractivity contribution in [2.24, 2.45) is 0 Å². The third kappa shape index (κ3) is 3.23. The molecule has 0 fully saturated rings. The van der Waals surface area contributed by atoms with E-state index < -0.39 is 5.83 Å². The van der Waals surface area contributed by atoms with Crippen LogP contribution >= 0.6 is 0 Å². The lowest BCUT2D eigenvalue weighted by molar-refractivity contribution is -0.117. The molecule has 2 nitrogen and oxygen atoms in total. The van der Waals surface area contributed by atoms with Gasteiger partial charge in [0.05, 0.1) is 0 Å². The first-order valence-electron chi connectivity index (χ1n) is 4.00. The van der Waals surface area contributed by atoms with Crippen molar-refractivity contribution < 1.29 is 9.18 Å². The summed E-state index contributed by atoms with van der Waals surface area (Å²) in [6.07, 6.45) is 1.32. The van der Waals surface area contributed by atoms with E-state index in [4.69, 9.17) is 0 Å². The van der Waals surface area contributed by atoms with E-state index in [0.29, 0.717) is 6.54 Å². The Labute approximate surface area is 77.8 Å². The number of allylic oxidation sites excluding steroid dienone is 2. The van der Waals surface area contributed by atoms with Crippen molar-refractivity contribution in [3.05, 3.63) is 36.2 Å². The first-order chi connectivity index (χ1) is 6.04. The van der Waals surface area contributed by atoms with Gasteiger partial charge >= 0.3 is 0 Å². The molecular weight excluding hydrogens is 169 g/mol. The largest absolute Gasteiger partial charge is 0.352 e. The lowest BCUT2D eigenvalue weighted by Crippen LogP contribution is -2.24. The molecule has 0 rings (SSSR count). The number of carbonyl (C=O) groups excluding carboxylic acids is 1. The van der Waals surface area contributed by atoms with Gasteiger partial charge in [0.25, 0.3) is 5.91 Å². The van der Waals surface area contributed by atoms with Gasteiger partial charge in [-0.25, -0.2) is 4.39 Å². The second-order valence-electron chi connectivity index (χ2n) is 2.51. The number of amides is 1. The van der Waals surface area contributed by atoms with Crippen LogP contribution in [0.5, 0.6) is 0 Å². The Morgan fingerprint density at radius 1 is 1.62 bits per heavy atom. The topological polar surface area (TPSA) is 29.1 Å². The quantitative estimate of drug-likeness (QED) is 0.525. The van der Waals surface area contributed by atoms with Gasteiger partial charge < -0.3 is 5.32 Å². The van der Waals surface area contributed by atoms with E-state index in [-0.39, 0.29) is 17.1 Å². The van der Waals surface area contributed by atoms with Gasteiger partial charge in [-0.1, -0.05) is 19.2 Å². The second-order valence-corrected chi connectivity index (χ2v) is 2.51. The molecule has 0 radical (unpaired) electrons. The van der Waals surface area contributed by atoms with Crippen LogP contribution in [-0.4, -0.2) is 12.5 Å². The summed E-state index contributed by atoms with van der Waals surface area (Å²) in [5.41, 5.74) is 0.454. The minimum absolute atomic E-state index is 0.223. The van der Waals surface area contributed by atoms with Crippen molar-refractivity contribution in [1.82, 2.24) is 5.32 Å². The molecule has 0 aliphatic carbocycles. The van der Waals surface area contributed by atoms with Gasteiger partial charge in [0.2, 0.25) is 0 Å². The molecule has 0 aromatic rings. The van der Waals surface area contributed by atoms with Crippen molar-refractivity contribution in [3.8, 4) is 0 Å². The molecule has 1 amide bonds. The van der Waals surface area contributed by atoms with Crippen molar-refractivity contribution in [3.63, 3.8) is 0 Å². The molecule has 1 N–H and O–H groups in total. The molecule has 72 valence electrons. The molecule has 0 saturated heterocycles. The first-order valence-corrected chi connectivity index (χ1v) is 4.00. The summed E-state index contributed by atoms with van der Waals surface area (Å²) < 4.78 is 12.7. The normalized spacial score (nSPS) is 11.6. The molecule has 0 spiro atoms. The molecule has 0 aliphatic heterocycles. The van der Waals surface area contributed by atoms with Crippen molar-refractivity contribution >= 4 is 5.91 Å². The summed E-state index contributed by atoms with van der Waals surface area (Å²) in [6, 6.07) is 0. The van der Waals surface area contributed by atoms with Gasteiger partial charge in [-0.05, 0) is 19.4 Å². The van der Waals surface area contributed by atoms with E-state index in [2.05, 4.69) is 18.5 Å². The zero-order chi connectivity index (χ0) is 10.4. The minimum atomic E-state index is -0.610. The Morgan fingerprint density at radius 3 is 2.46 bits per heavy atom. The average Bonchev–Trinajstić information content (AvgIpc) is 2.05. The van der Waals surface area contributed by atoms with Crippen LogP contribution in [0.25, 0.3) is 0 Å². The molecule has 0 saturated carbocycles. The highest BCUT2D eigenvalue weighted by atomic mass is 19.1. The lowest BCUT2D eigenvalue weighted by Gasteiger charge is -2.05. The molecule has 0 aliphatic rings. The summed E-state index contributed by atoms with van der Waals surface area (Å²) in [7, 11) is 0. The van der Waals surface area contributed by atoms with E-state index in [0.717, 1.165) is 0 Å². The predicted molar refractivity (Wildman–Crippen MR) is 51.8 cm³/mol. The fourth-order valence-corrected chi connectivity index (χ4v) is 0.818. The third-order valence-electron chi connectivity index (χ3n) is 1.60. The van der Waals surface area contributed by atoms with Crippen LogP contribution in [0.3, 0.4) is 0 Å². The molecule has 3 heteroatoms. The smallest absolute Gasteiger partial charge is 0.251 e. The molecule has 13 heavy (non-hydrogen) atoms. The van der Waals surface area contributed by atoms with E-state index in [1.165, 1.54) is 13.0 Å². The SMILES string of the molecule is C=C/C(C(=O)NCC)=C(/C)C(=C)F. The highest BCUT2D eigenvalue weighted by molar-refractivity contribution is 5.97. The maximum atomic E-state index is 12.7. The summed E-state index contributed by atoms with van der Waals surface area (Å²) in [6.45, 7) is 10.3. The molecule has 0 aromatic heterocycles. The molecule has 0 unspecified atom stereocenters. The number of halogens is 1. The van der Waals surface area contributed by atoms with Gasteiger partial charge in [-0.3, -0.25) is 4.79 Å². The van der Waals surface area contributed by atoms with Gasteiger partial charge in [-0.15, -0.1) is 0 Å². The van der Waals surface area contributed by atoms with E-state index in [1.54, 1.807) is 6.92 Å². The van der Waals surface area contributed by atoms with Gasteiger partial charge in [0.15, 0.2) is 0 Å². The average molecular weight is 183 g/mol. The van der Waals surface area contributed by atoms with E-state index >= 15 is 0 Å². The zero-order valence-electron chi connectivity index (χ0n) is 7.98. The molecular formula is C10H14FNO. The monoisotopic (exact) mass is 183 g/mol. The number of likely N-dealkylation sites (N-methyl/N-ethyl adjacent to an activating group) is 1. The number of hydrogen-bond donors (Lipinski definition) is 1. The van der Waals surface area contributed by atoms with E-state index in [1.807, 2.05) is 0 Å². The number of rotatable bonds is 4. The summed E-state index contributed by atoms with van der Waals surface area (Å²) in [5, 5.41) is 2.56. The molecule has 0 bridgehead atoms. The fraction of sp³-hybridized carbons (Fsp3) is 0.300. The van der Waals surface area contributed by atoms with Crippen molar-refractivity contribution in [2.75, 3.05) is 6.54 Å². The van der Waals surface area contributed by atoms with Crippen LogP contribution in [0.15, 0.2) is 36.2 Å². The summed E-state index contributed by atoms with van der Waals surface area (Å²) >= 11 is 0. The second kappa shape index (κ2) is 5.30. The van der Waals surface area contributed by atoms with Crippen LogP contribution in [-0.2, 0) is 4.79 Å². The molecule has 0 heterocycles. The van der Waals surface area contributed by atoms with Crippen LogP contribution < -0.4 is 5.32 Å². The maximum absolute atomic E-state index is 12.7.